The molecule has 4 N–H and O–H groups in total. The van der Waals surface area contributed by atoms with Crippen molar-refractivity contribution in [3.63, 3.8) is 0 Å². The van der Waals surface area contributed by atoms with Gasteiger partial charge < -0.3 is 5.43 Å². The molecule has 0 radical (unpaired) electrons. The van der Waals surface area contributed by atoms with Crippen LogP contribution in [0.15, 0.2) is 47.6 Å². The molecular formula is C13H15ClN4O2S. The standard InChI is InChI=1S/C13H15ClN4O2S/c14-11-3-1-10(2-4-11)5-8-17-21(19,20)13-9-16-7-6-12(13)18-15/h1-4,6-7,9,17H,5,8,15H2,(H,16,18). The van der Waals surface area contributed by atoms with Gasteiger partial charge in [-0.1, -0.05) is 23.7 Å². The van der Waals surface area contributed by atoms with Crippen LogP contribution in [0.5, 0.6) is 0 Å². The van der Waals surface area contributed by atoms with E-state index in [2.05, 4.69) is 15.1 Å². The number of nitrogens with two attached hydrogens (primary N) is 1. The maximum Gasteiger partial charge on any atom is 0.244 e. The van der Waals surface area contributed by atoms with Gasteiger partial charge in [-0.15, -0.1) is 0 Å². The lowest BCUT2D eigenvalue weighted by Crippen LogP contribution is -2.27. The molecule has 2 aromatic rings. The molecule has 0 unspecified atom stereocenters. The molecule has 1 aromatic carbocycles. The molecule has 0 bridgehead atoms. The number of benzene rings is 1. The number of halogens is 1. The second-order valence-corrected chi connectivity index (χ2v) is 6.46. The van der Waals surface area contributed by atoms with Gasteiger partial charge in [0.2, 0.25) is 10.0 Å². The molecule has 112 valence electrons. The van der Waals surface area contributed by atoms with Crippen LogP contribution in [-0.4, -0.2) is 19.9 Å². The third-order valence-corrected chi connectivity index (χ3v) is 4.59. The summed E-state index contributed by atoms with van der Waals surface area (Å²) in [6.07, 6.45) is 3.27. The van der Waals surface area contributed by atoms with E-state index < -0.39 is 10.0 Å². The fourth-order valence-corrected chi connectivity index (χ4v) is 3.04. The van der Waals surface area contributed by atoms with E-state index in [9.17, 15) is 8.42 Å². The quantitative estimate of drug-likeness (QED) is 0.552. The molecule has 1 heterocycles. The molecule has 0 amide bonds. The van der Waals surface area contributed by atoms with Crippen molar-refractivity contribution in [3.05, 3.63) is 53.3 Å². The van der Waals surface area contributed by atoms with E-state index in [-0.39, 0.29) is 11.4 Å². The summed E-state index contributed by atoms with van der Waals surface area (Å²) in [5, 5.41) is 0.647. The molecule has 0 saturated heterocycles. The molecule has 0 spiro atoms. The molecule has 0 aliphatic heterocycles. The van der Waals surface area contributed by atoms with Gasteiger partial charge in [-0.3, -0.25) is 10.8 Å². The second kappa shape index (κ2) is 6.86. The number of sulfonamides is 1. The number of rotatable bonds is 6. The lowest BCUT2D eigenvalue weighted by atomic mass is 10.2. The van der Waals surface area contributed by atoms with Crippen LogP contribution in [0, 0.1) is 0 Å². The summed E-state index contributed by atoms with van der Waals surface area (Å²) < 4.78 is 26.9. The van der Waals surface area contributed by atoms with Gasteiger partial charge in [-0.25, -0.2) is 13.1 Å². The van der Waals surface area contributed by atoms with Crippen molar-refractivity contribution in [2.45, 2.75) is 11.3 Å². The predicted molar refractivity (Wildman–Crippen MR) is 82.4 cm³/mol. The van der Waals surface area contributed by atoms with E-state index in [1.54, 1.807) is 12.1 Å². The van der Waals surface area contributed by atoms with E-state index >= 15 is 0 Å². The first-order chi connectivity index (χ1) is 10.0. The Balaban J connectivity index is 2.03. The van der Waals surface area contributed by atoms with Crippen molar-refractivity contribution in [2.75, 3.05) is 12.0 Å². The highest BCUT2D eigenvalue weighted by Crippen LogP contribution is 2.18. The van der Waals surface area contributed by atoms with Crippen molar-refractivity contribution < 1.29 is 8.42 Å². The summed E-state index contributed by atoms with van der Waals surface area (Å²) in [4.78, 5) is 3.82. The van der Waals surface area contributed by atoms with Gasteiger partial charge in [0, 0.05) is 24.0 Å². The SMILES string of the molecule is NNc1ccncc1S(=O)(=O)NCCc1ccc(Cl)cc1. The molecule has 1 aromatic heterocycles. The lowest BCUT2D eigenvalue weighted by molar-refractivity contribution is 0.581. The highest BCUT2D eigenvalue weighted by Gasteiger charge is 2.17. The van der Waals surface area contributed by atoms with Gasteiger partial charge in [0.15, 0.2) is 0 Å². The Bertz CT molecular complexity index is 704. The number of hydrogen-bond acceptors (Lipinski definition) is 5. The Morgan fingerprint density at radius 3 is 2.57 bits per heavy atom. The average Bonchev–Trinajstić information content (AvgIpc) is 2.49. The predicted octanol–water partition coefficient (Wildman–Crippen LogP) is 1.54. The summed E-state index contributed by atoms with van der Waals surface area (Å²) in [6, 6.07) is 8.74. The number of anilines is 1. The van der Waals surface area contributed by atoms with Crippen LogP contribution in [0.3, 0.4) is 0 Å². The fourth-order valence-electron chi connectivity index (χ4n) is 1.77. The third-order valence-electron chi connectivity index (χ3n) is 2.85. The van der Waals surface area contributed by atoms with Crippen LogP contribution in [0.2, 0.25) is 5.02 Å². The first-order valence-electron chi connectivity index (χ1n) is 6.17. The zero-order chi connectivity index (χ0) is 15.3. The molecule has 0 saturated carbocycles. The number of pyridine rings is 1. The minimum absolute atomic E-state index is 0.0172. The van der Waals surface area contributed by atoms with E-state index in [0.717, 1.165) is 5.56 Å². The molecule has 0 aliphatic rings. The van der Waals surface area contributed by atoms with Gasteiger partial charge in [0.05, 0.1) is 5.69 Å². The molecule has 0 fully saturated rings. The van der Waals surface area contributed by atoms with Crippen molar-refractivity contribution in [3.8, 4) is 0 Å². The number of nitrogens with zero attached hydrogens (tertiary/aromatic N) is 1. The van der Waals surface area contributed by atoms with Gasteiger partial charge in [-0.2, -0.15) is 0 Å². The average molecular weight is 327 g/mol. The maximum absolute atomic E-state index is 12.2. The fraction of sp³-hybridized carbons (Fsp3) is 0.154. The molecule has 8 heteroatoms. The van der Waals surface area contributed by atoms with Crippen LogP contribution < -0.4 is 16.0 Å². The number of nitrogen functional groups attached to an aromatic ring is 1. The lowest BCUT2D eigenvalue weighted by Gasteiger charge is -2.10. The topological polar surface area (TPSA) is 97.1 Å². The summed E-state index contributed by atoms with van der Waals surface area (Å²) >= 11 is 5.79. The summed E-state index contributed by atoms with van der Waals surface area (Å²) in [6.45, 7) is 0.267. The minimum atomic E-state index is -3.66. The Kier molecular flexibility index (Phi) is 5.13. The van der Waals surface area contributed by atoms with E-state index in [4.69, 9.17) is 17.4 Å². The van der Waals surface area contributed by atoms with E-state index in [1.165, 1.54) is 18.5 Å². The molecule has 0 aliphatic carbocycles. The molecule has 0 atom stereocenters. The molecule has 21 heavy (non-hydrogen) atoms. The van der Waals surface area contributed by atoms with Crippen LogP contribution in [0.25, 0.3) is 0 Å². The van der Waals surface area contributed by atoms with Gasteiger partial charge in [-0.05, 0) is 30.2 Å². The minimum Gasteiger partial charge on any atom is -0.323 e. The van der Waals surface area contributed by atoms with Crippen molar-refractivity contribution in [1.82, 2.24) is 9.71 Å². The molecule has 2 rings (SSSR count). The Labute approximate surface area is 128 Å². The first-order valence-corrected chi connectivity index (χ1v) is 8.04. The highest BCUT2D eigenvalue weighted by molar-refractivity contribution is 7.89. The first kappa shape index (κ1) is 15.7. The third kappa shape index (κ3) is 4.15. The highest BCUT2D eigenvalue weighted by atomic mass is 35.5. The van der Waals surface area contributed by atoms with E-state index in [1.807, 2.05) is 12.1 Å². The van der Waals surface area contributed by atoms with Crippen LogP contribution in [0.4, 0.5) is 5.69 Å². The largest absolute Gasteiger partial charge is 0.323 e. The number of hydrogen-bond donors (Lipinski definition) is 3. The van der Waals surface area contributed by atoms with Crippen LogP contribution >= 0.6 is 11.6 Å². The normalized spacial score (nSPS) is 11.3. The van der Waals surface area contributed by atoms with E-state index in [0.29, 0.717) is 17.1 Å². The van der Waals surface area contributed by atoms with Gasteiger partial charge in [0.25, 0.3) is 0 Å². The summed E-state index contributed by atoms with van der Waals surface area (Å²) in [5.41, 5.74) is 3.63. The summed E-state index contributed by atoms with van der Waals surface area (Å²) in [5.74, 6) is 5.30. The zero-order valence-electron chi connectivity index (χ0n) is 11.1. The Morgan fingerprint density at radius 2 is 1.90 bits per heavy atom. The Morgan fingerprint density at radius 1 is 1.19 bits per heavy atom. The number of aromatic nitrogens is 1. The second-order valence-electron chi connectivity index (χ2n) is 4.29. The zero-order valence-corrected chi connectivity index (χ0v) is 12.7. The number of hydrazine groups is 1. The van der Waals surface area contributed by atoms with Crippen molar-refractivity contribution >= 4 is 27.3 Å². The van der Waals surface area contributed by atoms with Gasteiger partial charge in [0.1, 0.15) is 4.90 Å². The van der Waals surface area contributed by atoms with Crippen molar-refractivity contribution in [1.29, 1.82) is 0 Å². The molecular weight excluding hydrogens is 312 g/mol. The van der Waals surface area contributed by atoms with Crippen molar-refractivity contribution in [2.24, 2.45) is 5.84 Å². The molecule has 6 nitrogen and oxygen atoms in total. The summed E-state index contributed by atoms with van der Waals surface area (Å²) in [7, 11) is -3.66. The smallest absolute Gasteiger partial charge is 0.244 e. The van der Waals surface area contributed by atoms with Crippen LogP contribution in [-0.2, 0) is 16.4 Å². The van der Waals surface area contributed by atoms with Crippen LogP contribution in [0.1, 0.15) is 5.56 Å². The van der Waals surface area contributed by atoms with Gasteiger partial charge >= 0.3 is 0 Å². The number of nitrogens with one attached hydrogen (secondary N) is 2. The maximum atomic E-state index is 12.2. The monoisotopic (exact) mass is 326 g/mol. The Hall–Kier alpha value is -1.67.